The minimum atomic E-state index is 0.0556. The highest BCUT2D eigenvalue weighted by Gasteiger charge is 2.23. The lowest BCUT2D eigenvalue weighted by Gasteiger charge is -2.05. The van der Waals surface area contributed by atoms with Crippen LogP contribution in [0.4, 0.5) is 0 Å². The first kappa shape index (κ1) is 12.9. The number of aryl methyl sites for hydroxylation is 1. The Kier molecular flexibility index (Phi) is 3.46. The molecule has 1 aromatic heterocycles. The van der Waals surface area contributed by atoms with Gasteiger partial charge in [0.25, 0.3) is 0 Å². The SMILES string of the molecule is Cc1cc(C(=O)c2cccc(OC3CC3)c2)sc1Br. The Morgan fingerprint density at radius 2 is 2.16 bits per heavy atom. The van der Waals surface area contributed by atoms with Crippen molar-refractivity contribution in [3.8, 4) is 5.75 Å². The molecule has 0 amide bonds. The van der Waals surface area contributed by atoms with E-state index < -0.39 is 0 Å². The summed E-state index contributed by atoms with van der Waals surface area (Å²) in [7, 11) is 0. The molecule has 2 nitrogen and oxygen atoms in total. The van der Waals surface area contributed by atoms with Crippen LogP contribution in [0.5, 0.6) is 5.75 Å². The van der Waals surface area contributed by atoms with E-state index in [1.807, 2.05) is 37.3 Å². The summed E-state index contributed by atoms with van der Waals surface area (Å²) in [6, 6.07) is 9.38. The number of hydrogen-bond donors (Lipinski definition) is 0. The molecule has 4 heteroatoms. The van der Waals surface area contributed by atoms with Crippen molar-refractivity contribution in [2.75, 3.05) is 0 Å². The third-order valence-corrected chi connectivity index (χ3v) is 5.14. The molecule has 0 spiro atoms. The number of carbonyl (C=O) groups is 1. The zero-order valence-corrected chi connectivity index (χ0v) is 12.9. The van der Waals surface area contributed by atoms with Crippen LogP contribution in [0.3, 0.4) is 0 Å². The highest BCUT2D eigenvalue weighted by atomic mass is 79.9. The number of rotatable bonds is 4. The van der Waals surface area contributed by atoms with Gasteiger partial charge in [-0.3, -0.25) is 4.79 Å². The molecule has 0 saturated heterocycles. The van der Waals surface area contributed by atoms with Crippen LogP contribution >= 0.6 is 27.3 Å². The van der Waals surface area contributed by atoms with Gasteiger partial charge >= 0.3 is 0 Å². The van der Waals surface area contributed by atoms with Gasteiger partial charge in [-0.05, 0) is 59.5 Å². The van der Waals surface area contributed by atoms with Gasteiger partial charge in [-0.2, -0.15) is 0 Å². The zero-order valence-electron chi connectivity index (χ0n) is 10.5. The van der Waals surface area contributed by atoms with Crippen molar-refractivity contribution in [1.82, 2.24) is 0 Å². The predicted molar refractivity (Wildman–Crippen MR) is 80.3 cm³/mol. The molecule has 19 heavy (non-hydrogen) atoms. The number of thiophene rings is 1. The second kappa shape index (κ2) is 5.10. The summed E-state index contributed by atoms with van der Waals surface area (Å²) in [5.74, 6) is 0.848. The highest BCUT2D eigenvalue weighted by molar-refractivity contribution is 9.11. The molecule has 3 rings (SSSR count). The van der Waals surface area contributed by atoms with E-state index in [2.05, 4.69) is 15.9 Å². The molecule has 1 aliphatic carbocycles. The molecule has 0 bridgehead atoms. The second-order valence-corrected chi connectivity index (χ2v) is 7.11. The minimum Gasteiger partial charge on any atom is -0.490 e. The standard InChI is InChI=1S/C15H13BrO2S/c1-9-7-13(19-15(9)16)14(17)10-3-2-4-12(8-10)18-11-5-6-11/h2-4,7-8,11H,5-6H2,1H3. The highest BCUT2D eigenvalue weighted by Crippen LogP contribution is 2.31. The second-order valence-electron chi connectivity index (χ2n) is 4.74. The van der Waals surface area contributed by atoms with Crippen LogP contribution in [-0.4, -0.2) is 11.9 Å². The molecule has 0 N–H and O–H groups in total. The van der Waals surface area contributed by atoms with Gasteiger partial charge in [0.15, 0.2) is 0 Å². The summed E-state index contributed by atoms with van der Waals surface area (Å²) in [4.78, 5) is 13.2. The van der Waals surface area contributed by atoms with E-state index in [-0.39, 0.29) is 5.78 Å². The van der Waals surface area contributed by atoms with Crippen LogP contribution in [0.25, 0.3) is 0 Å². The molecule has 0 unspecified atom stereocenters. The van der Waals surface area contributed by atoms with Crippen LogP contribution in [0, 0.1) is 6.92 Å². The first-order valence-corrected chi connectivity index (χ1v) is 7.82. The molecular weight excluding hydrogens is 324 g/mol. The van der Waals surface area contributed by atoms with Gasteiger partial charge in [0, 0.05) is 5.56 Å². The Bertz CT molecular complexity index is 609. The van der Waals surface area contributed by atoms with E-state index in [1.165, 1.54) is 11.3 Å². The van der Waals surface area contributed by atoms with Gasteiger partial charge in [0.2, 0.25) is 5.78 Å². The molecule has 2 aromatic rings. The van der Waals surface area contributed by atoms with Crippen molar-refractivity contribution in [1.29, 1.82) is 0 Å². The summed E-state index contributed by atoms with van der Waals surface area (Å²) in [5, 5.41) is 0. The van der Waals surface area contributed by atoms with Crippen molar-refractivity contribution < 1.29 is 9.53 Å². The average Bonchev–Trinajstić information content (AvgIpc) is 3.15. The molecule has 0 radical (unpaired) electrons. The topological polar surface area (TPSA) is 26.3 Å². The lowest BCUT2D eigenvalue weighted by Crippen LogP contribution is -2.01. The smallest absolute Gasteiger partial charge is 0.203 e. The van der Waals surface area contributed by atoms with Crippen molar-refractivity contribution in [3.05, 3.63) is 50.1 Å². The summed E-state index contributed by atoms with van der Waals surface area (Å²) in [6.07, 6.45) is 2.59. The summed E-state index contributed by atoms with van der Waals surface area (Å²) in [6.45, 7) is 1.99. The number of hydrogen-bond acceptors (Lipinski definition) is 3. The summed E-state index contributed by atoms with van der Waals surface area (Å²) in [5.41, 5.74) is 1.78. The van der Waals surface area contributed by atoms with E-state index in [0.717, 1.165) is 32.8 Å². The largest absolute Gasteiger partial charge is 0.490 e. The van der Waals surface area contributed by atoms with E-state index in [1.54, 1.807) is 0 Å². The van der Waals surface area contributed by atoms with Crippen molar-refractivity contribution in [3.63, 3.8) is 0 Å². The first-order valence-electron chi connectivity index (χ1n) is 6.21. The van der Waals surface area contributed by atoms with E-state index in [0.29, 0.717) is 11.7 Å². The molecular formula is C15H13BrO2S. The molecule has 1 saturated carbocycles. The van der Waals surface area contributed by atoms with Gasteiger partial charge in [-0.15, -0.1) is 11.3 Å². The molecule has 0 aliphatic heterocycles. The van der Waals surface area contributed by atoms with Gasteiger partial charge < -0.3 is 4.74 Å². The molecule has 0 atom stereocenters. The van der Waals surface area contributed by atoms with Gasteiger partial charge in [0.1, 0.15) is 5.75 Å². The Balaban J connectivity index is 1.85. The normalized spacial score (nSPS) is 14.4. The third-order valence-electron chi connectivity index (χ3n) is 3.00. The Morgan fingerprint density at radius 1 is 1.37 bits per heavy atom. The lowest BCUT2D eigenvalue weighted by molar-refractivity contribution is 0.104. The predicted octanol–water partition coefficient (Wildman–Crippen LogP) is 4.59. The maximum atomic E-state index is 12.4. The number of ketones is 1. The average molecular weight is 337 g/mol. The number of ether oxygens (including phenoxy) is 1. The quantitative estimate of drug-likeness (QED) is 0.763. The molecule has 1 aromatic carbocycles. The Labute approximate surface area is 124 Å². The fourth-order valence-electron chi connectivity index (χ4n) is 1.80. The fourth-order valence-corrected chi connectivity index (χ4v) is 3.30. The van der Waals surface area contributed by atoms with Gasteiger partial charge in [0.05, 0.1) is 14.8 Å². The Hall–Kier alpha value is -1.13. The summed E-state index contributed by atoms with van der Waals surface area (Å²) >= 11 is 4.93. The molecule has 1 heterocycles. The van der Waals surface area contributed by atoms with E-state index >= 15 is 0 Å². The van der Waals surface area contributed by atoms with Crippen molar-refractivity contribution in [2.24, 2.45) is 0 Å². The van der Waals surface area contributed by atoms with Crippen molar-refractivity contribution in [2.45, 2.75) is 25.9 Å². The van der Waals surface area contributed by atoms with Gasteiger partial charge in [-0.25, -0.2) is 0 Å². The van der Waals surface area contributed by atoms with Crippen LogP contribution < -0.4 is 4.74 Å². The third kappa shape index (κ3) is 2.90. The van der Waals surface area contributed by atoms with Crippen LogP contribution in [0.2, 0.25) is 0 Å². The number of carbonyl (C=O) groups excluding carboxylic acids is 1. The van der Waals surface area contributed by atoms with Gasteiger partial charge in [-0.1, -0.05) is 12.1 Å². The van der Waals surface area contributed by atoms with Crippen LogP contribution in [-0.2, 0) is 0 Å². The van der Waals surface area contributed by atoms with E-state index in [4.69, 9.17) is 4.74 Å². The van der Waals surface area contributed by atoms with Crippen LogP contribution in [0.1, 0.15) is 33.6 Å². The lowest BCUT2D eigenvalue weighted by atomic mass is 10.1. The van der Waals surface area contributed by atoms with Crippen molar-refractivity contribution >= 4 is 33.0 Å². The minimum absolute atomic E-state index is 0.0556. The maximum absolute atomic E-state index is 12.4. The molecule has 1 fully saturated rings. The first-order chi connectivity index (χ1) is 9.13. The number of benzene rings is 1. The maximum Gasteiger partial charge on any atom is 0.203 e. The van der Waals surface area contributed by atoms with E-state index in [9.17, 15) is 4.79 Å². The summed E-state index contributed by atoms with van der Waals surface area (Å²) < 4.78 is 6.74. The Morgan fingerprint density at radius 3 is 2.79 bits per heavy atom. The molecule has 1 aliphatic rings. The molecule has 98 valence electrons. The monoisotopic (exact) mass is 336 g/mol. The fraction of sp³-hybridized carbons (Fsp3) is 0.267. The zero-order chi connectivity index (χ0) is 13.4. The van der Waals surface area contributed by atoms with Crippen LogP contribution in [0.15, 0.2) is 34.1 Å². The number of halogens is 1.